The molecule has 4 nitrogen and oxygen atoms in total. The molecule has 0 aromatic carbocycles. The molecule has 2 heterocycles. The second-order valence-corrected chi connectivity index (χ2v) is 3.99. The molecule has 76 valence electrons. The van der Waals surface area contributed by atoms with Gasteiger partial charge in [0.25, 0.3) is 0 Å². The number of carbonyl (C=O) groups is 1. The summed E-state index contributed by atoms with van der Waals surface area (Å²) in [7, 11) is 0. The maximum absolute atomic E-state index is 11.1. The second-order valence-electron chi connectivity index (χ2n) is 2.91. The zero-order chi connectivity index (χ0) is 10.8. The Morgan fingerprint density at radius 1 is 1.33 bits per heavy atom. The molecule has 0 fully saturated rings. The minimum absolute atomic E-state index is 0.103. The SMILES string of the molecule is O=C(O)c1ccc(-c2cc(=O)cc[nH]2)s1. The van der Waals surface area contributed by atoms with Crippen molar-refractivity contribution in [3.8, 4) is 10.6 Å². The number of hydrogen-bond donors (Lipinski definition) is 2. The lowest BCUT2D eigenvalue weighted by Crippen LogP contribution is -1.96. The van der Waals surface area contributed by atoms with Crippen molar-refractivity contribution in [2.45, 2.75) is 0 Å². The van der Waals surface area contributed by atoms with E-state index in [1.807, 2.05) is 0 Å². The average molecular weight is 221 g/mol. The van der Waals surface area contributed by atoms with Gasteiger partial charge in [0.15, 0.2) is 5.43 Å². The van der Waals surface area contributed by atoms with Gasteiger partial charge >= 0.3 is 5.97 Å². The van der Waals surface area contributed by atoms with E-state index >= 15 is 0 Å². The van der Waals surface area contributed by atoms with Crippen molar-refractivity contribution in [1.29, 1.82) is 0 Å². The van der Waals surface area contributed by atoms with Crippen molar-refractivity contribution < 1.29 is 9.90 Å². The molecule has 2 aromatic rings. The van der Waals surface area contributed by atoms with E-state index in [2.05, 4.69) is 4.98 Å². The van der Waals surface area contributed by atoms with Crippen LogP contribution in [-0.2, 0) is 0 Å². The molecule has 0 aliphatic heterocycles. The van der Waals surface area contributed by atoms with Gasteiger partial charge in [0.1, 0.15) is 4.88 Å². The Labute approximate surface area is 88.8 Å². The highest BCUT2D eigenvalue weighted by Crippen LogP contribution is 2.25. The molecule has 0 saturated carbocycles. The number of carboxylic acids is 1. The number of rotatable bonds is 2. The van der Waals surface area contributed by atoms with Crippen LogP contribution in [0.5, 0.6) is 0 Å². The zero-order valence-electron chi connectivity index (χ0n) is 7.56. The van der Waals surface area contributed by atoms with Gasteiger partial charge in [0.05, 0.1) is 10.6 Å². The summed E-state index contributed by atoms with van der Waals surface area (Å²) in [4.78, 5) is 25.6. The van der Waals surface area contributed by atoms with Crippen LogP contribution in [0.1, 0.15) is 9.67 Å². The molecule has 5 heteroatoms. The fourth-order valence-corrected chi connectivity index (χ4v) is 2.01. The van der Waals surface area contributed by atoms with E-state index in [1.54, 1.807) is 6.07 Å². The Bertz CT molecular complexity index is 556. The van der Waals surface area contributed by atoms with Gasteiger partial charge in [-0.2, -0.15) is 0 Å². The van der Waals surface area contributed by atoms with E-state index in [1.165, 1.54) is 24.4 Å². The van der Waals surface area contributed by atoms with Gasteiger partial charge in [-0.15, -0.1) is 11.3 Å². The maximum Gasteiger partial charge on any atom is 0.345 e. The number of aromatic nitrogens is 1. The van der Waals surface area contributed by atoms with Crippen molar-refractivity contribution >= 4 is 17.3 Å². The first-order valence-electron chi connectivity index (χ1n) is 4.19. The highest BCUT2D eigenvalue weighted by molar-refractivity contribution is 7.17. The molecule has 2 aromatic heterocycles. The molecule has 0 saturated heterocycles. The van der Waals surface area contributed by atoms with Gasteiger partial charge in [-0.1, -0.05) is 0 Å². The molecule has 2 rings (SSSR count). The first-order chi connectivity index (χ1) is 7.16. The summed E-state index contributed by atoms with van der Waals surface area (Å²) < 4.78 is 0. The van der Waals surface area contributed by atoms with E-state index < -0.39 is 5.97 Å². The molecule has 0 bridgehead atoms. The van der Waals surface area contributed by atoms with Gasteiger partial charge < -0.3 is 10.1 Å². The zero-order valence-corrected chi connectivity index (χ0v) is 8.38. The third kappa shape index (κ3) is 1.97. The van der Waals surface area contributed by atoms with Crippen molar-refractivity contribution in [3.63, 3.8) is 0 Å². The lowest BCUT2D eigenvalue weighted by molar-refractivity contribution is 0.0702. The van der Waals surface area contributed by atoms with Crippen LogP contribution in [0.15, 0.2) is 35.3 Å². The van der Waals surface area contributed by atoms with Gasteiger partial charge in [0, 0.05) is 18.3 Å². The predicted molar refractivity (Wildman–Crippen MR) is 57.3 cm³/mol. The molecule has 0 atom stereocenters. The summed E-state index contributed by atoms with van der Waals surface area (Å²) in [5.41, 5.74) is 0.536. The molecular weight excluding hydrogens is 214 g/mol. The summed E-state index contributed by atoms with van der Waals surface area (Å²) in [6.45, 7) is 0. The van der Waals surface area contributed by atoms with Gasteiger partial charge in [-0.3, -0.25) is 4.79 Å². The standard InChI is InChI=1S/C10H7NO3S/c12-6-3-4-11-7(5-6)8-1-2-9(15-8)10(13)14/h1-5H,(H,11,12)(H,13,14). The topological polar surface area (TPSA) is 70.2 Å². The van der Waals surface area contributed by atoms with Crippen molar-refractivity contribution in [2.24, 2.45) is 0 Å². The van der Waals surface area contributed by atoms with E-state index in [0.29, 0.717) is 5.69 Å². The third-order valence-electron chi connectivity index (χ3n) is 1.86. The molecule has 15 heavy (non-hydrogen) atoms. The van der Waals surface area contributed by atoms with E-state index in [4.69, 9.17) is 5.11 Å². The van der Waals surface area contributed by atoms with E-state index in [0.717, 1.165) is 16.2 Å². The monoisotopic (exact) mass is 221 g/mol. The van der Waals surface area contributed by atoms with Crippen molar-refractivity contribution in [1.82, 2.24) is 4.98 Å². The Morgan fingerprint density at radius 3 is 2.73 bits per heavy atom. The summed E-state index contributed by atoms with van der Waals surface area (Å²) in [5, 5.41) is 8.74. The summed E-state index contributed by atoms with van der Waals surface area (Å²) in [5.74, 6) is -0.954. The van der Waals surface area contributed by atoms with E-state index in [-0.39, 0.29) is 10.3 Å². The lowest BCUT2D eigenvalue weighted by atomic mass is 10.3. The molecule has 0 amide bonds. The Morgan fingerprint density at radius 2 is 2.13 bits per heavy atom. The normalized spacial score (nSPS) is 10.1. The first-order valence-corrected chi connectivity index (χ1v) is 5.01. The largest absolute Gasteiger partial charge is 0.477 e. The van der Waals surface area contributed by atoms with Crippen LogP contribution in [0.4, 0.5) is 0 Å². The number of pyridine rings is 1. The smallest absolute Gasteiger partial charge is 0.345 e. The summed E-state index contributed by atoms with van der Waals surface area (Å²) in [6, 6.07) is 6.06. The van der Waals surface area contributed by atoms with Crippen LogP contribution in [0, 0.1) is 0 Å². The quantitative estimate of drug-likeness (QED) is 0.812. The minimum Gasteiger partial charge on any atom is -0.477 e. The Hall–Kier alpha value is -1.88. The summed E-state index contributed by atoms with van der Waals surface area (Å²) in [6.07, 6.45) is 1.54. The Balaban J connectivity index is 2.46. The predicted octanol–water partition coefficient (Wildman–Crippen LogP) is 1.80. The number of hydrogen-bond acceptors (Lipinski definition) is 3. The van der Waals surface area contributed by atoms with Crippen LogP contribution < -0.4 is 5.43 Å². The van der Waals surface area contributed by atoms with Crippen LogP contribution in [-0.4, -0.2) is 16.1 Å². The van der Waals surface area contributed by atoms with Crippen LogP contribution in [0.2, 0.25) is 0 Å². The highest BCUT2D eigenvalue weighted by atomic mass is 32.1. The summed E-state index contributed by atoms with van der Waals surface area (Å²) >= 11 is 1.13. The molecule has 0 unspecified atom stereocenters. The fraction of sp³-hybridized carbons (Fsp3) is 0. The number of thiophene rings is 1. The van der Waals surface area contributed by atoms with Crippen LogP contribution in [0.25, 0.3) is 10.6 Å². The van der Waals surface area contributed by atoms with Crippen LogP contribution >= 0.6 is 11.3 Å². The van der Waals surface area contributed by atoms with Gasteiger partial charge in [0.2, 0.25) is 0 Å². The van der Waals surface area contributed by atoms with Gasteiger partial charge in [-0.25, -0.2) is 4.79 Å². The Kier molecular flexibility index (Phi) is 2.39. The number of H-pyrrole nitrogens is 1. The molecule has 0 aliphatic carbocycles. The second kappa shape index (κ2) is 3.70. The average Bonchev–Trinajstić information content (AvgIpc) is 2.66. The lowest BCUT2D eigenvalue weighted by Gasteiger charge is -1.94. The maximum atomic E-state index is 11.1. The van der Waals surface area contributed by atoms with Crippen molar-refractivity contribution in [2.75, 3.05) is 0 Å². The molecule has 0 radical (unpaired) electrons. The van der Waals surface area contributed by atoms with E-state index in [9.17, 15) is 9.59 Å². The first kappa shape index (κ1) is 9.67. The fourth-order valence-electron chi connectivity index (χ4n) is 1.19. The molecule has 0 aliphatic rings. The molecule has 2 N–H and O–H groups in total. The number of nitrogens with one attached hydrogen (secondary N) is 1. The van der Waals surface area contributed by atoms with Crippen LogP contribution in [0.3, 0.4) is 0 Å². The van der Waals surface area contributed by atoms with Crippen molar-refractivity contribution in [3.05, 3.63) is 45.6 Å². The molecular formula is C10H7NO3S. The number of aromatic amines is 1. The third-order valence-corrected chi connectivity index (χ3v) is 2.96. The van der Waals surface area contributed by atoms with Gasteiger partial charge in [-0.05, 0) is 12.1 Å². The molecule has 0 spiro atoms. The highest BCUT2D eigenvalue weighted by Gasteiger charge is 2.08. The number of aromatic carboxylic acids is 1. The number of carboxylic acid groups (broad SMARTS) is 1. The minimum atomic E-state index is -0.954.